The number of nitrogens with zero attached hydrogens (tertiary/aromatic N) is 1. The maximum Gasteiger partial charge on any atom is 0.0462 e. The van der Waals surface area contributed by atoms with Crippen LogP contribution in [0.5, 0.6) is 0 Å². The van der Waals surface area contributed by atoms with Gasteiger partial charge in [-0.1, -0.05) is 84.9 Å². The largest absolute Gasteiger partial charge is 0.311 e. The monoisotopic (exact) mass is 523 g/mol. The van der Waals surface area contributed by atoms with Gasteiger partial charge in [0.15, 0.2) is 0 Å². The minimum atomic E-state index is 1.14. The molecule has 0 unspecified atom stereocenters. The number of anilines is 3. The zero-order valence-electron chi connectivity index (χ0n) is 17.5. The van der Waals surface area contributed by atoms with Gasteiger partial charge in [-0.25, -0.2) is 0 Å². The van der Waals surface area contributed by atoms with E-state index in [0.29, 0.717) is 0 Å². The van der Waals surface area contributed by atoms with Gasteiger partial charge in [-0.05, 0) is 93.4 Å². The average Bonchev–Trinajstić information content (AvgIpc) is 2.87. The highest BCUT2D eigenvalue weighted by Gasteiger charge is 2.13. The molecule has 0 N–H and O–H groups in total. The summed E-state index contributed by atoms with van der Waals surface area (Å²) in [4.78, 5) is 2.31. The van der Waals surface area contributed by atoms with E-state index in [2.05, 4.69) is 161 Å². The standard InChI is InChI=1S/C30H22IN/c31-27-15-21-30(22-16-27)32(28-17-11-25(12-18-28)23-7-3-1-4-8-23)29-19-13-26(14-20-29)24-9-5-2-6-10-24/h1-22H. The van der Waals surface area contributed by atoms with Crippen molar-refractivity contribution in [2.45, 2.75) is 0 Å². The third kappa shape index (κ3) is 4.46. The zero-order valence-corrected chi connectivity index (χ0v) is 19.7. The lowest BCUT2D eigenvalue weighted by Crippen LogP contribution is -2.09. The SMILES string of the molecule is Ic1ccc(N(c2ccc(-c3ccccc3)cc2)c2ccc(-c3ccccc3)cc2)cc1. The van der Waals surface area contributed by atoms with Gasteiger partial charge < -0.3 is 4.90 Å². The Kier molecular flexibility index (Phi) is 6.04. The molecule has 0 bridgehead atoms. The summed E-state index contributed by atoms with van der Waals surface area (Å²) in [5.74, 6) is 0. The van der Waals surface area contributed by atoms with E-state index in [4.69, 9.17) is 0 Å². The Morgan fingerprint density at radius 2 is 0.656 bits per heavy atom. The van der Waals surface area contributed by atoms with Gasteiger partial charge in [0, 0.05) is 20.6 Å². The molecule has 1 nitrogen and oxygen atoms in total. The molecule has 0 aliphatic heterocycles. The Hall–Kier alpha value is -3.37. The molecule has 0 saturated heterocycles. The van der Waals surface area contributed by atoms with Gasteiger partial charge >= 0.3 is 0 Å². The maximum atomic E-state index is 2.35. The summed E-state index contributed by atoms with van der Waals surface area (Å²) in [5, 5.41) is 0. The fourth-order valence-electron chi connectivity index (χ4n) is 3.90. The number of benzene rings is 5. The number of halogens is 1. The minimum Gasteiger partial charge on any atom is -0.311 e. The quantitative estimate of drug-likeness (QED) is 0.208. The van der Waals surface area contributed by atoms with Crippen LogP contribution in [0.1, 0.15) is 0 Å². The van der Waals surface area contributed by atoms with Crippen LogP contribution in [0, 0.1) is 3.57 Å². The second-order valence-corrected chi connectivity index (χ2v) is 8.88. The molecule has 2 heteroatoms. The predicted molar refractivity (Wildman–Crippen MR) is 145 cm³/mol. The molecule has 5 aromatic carbocycles. The van der Waals surface area contributed by atoms with Gasteiger partial charge in [0.25, 0.3) is 0 Å². The van der Waals surface area contributed by atoms with Crippen LogP contribution in [0.3, 0.4) is 0 Å². The summed E-state index contributed by atoms with van der Waals surface area (Å²) >= 11 is 2.35. The lowest BCUT2D eigenvalue weighted by Gasteiger charge is -2.26. The lowest BCUT2D eigenvalue weighted by atomic mass is 10.0. The Bertz CT molecular complexity index is 1190. The van der Waals surface area contributed by atoms with Crippen molar-refractivity contribution in [3.63, 3.8) is 0 Å². The van der Waals surface area contributed by atoms with Crippen molar-refractivity contribution in [3.05, 3.63) is 137 Å². The number of hydrogen-bond acceptors (Lipinski definition) is 1. The summed E-state index contributed by atoms with van der Waals surface area (Å²) in [6.45, 7) is 0. The van der Waals surface area contributed by atoms with Crippen molar-refractivity contribution < 1.29 is 0 Å². The van der Waals surface area contributed by atoms with Gasteiger partial charge in [-0.15, -0.1) is 0 Å². The summed E-state index contributed by atoms with van der Waals surface area (Å²) < 4.78 is 1.23. The van der Waals surface area contributed by atoms with Crippen molar-refractivity contribution in [3.8, 4) is 22.3 Å². The van der Waals surface area contributed by atoms with Crippen molar-refractivity contribution >= 4 is 39.7 Å². The van der Waals surface area contributed by atoms with E-state index in [0.717, 1.165) is 17.1 Å². The van der Waals surface area contributed by atoms with Crippen LogP contribution in [0.2, 0.25) is 0 Å². The van der Waals surface area contributed by atoms with E-state index < -0.39 is 0 Å². The summed E-state index contributed by atoms with van der Waals surface area (Å²) in [6.07, 6.45) is 0. The molecule has 0 spiro atoms. The molecule has 0 saturated carbocycles. The molecule has 0 fully saturated rings. The van der Waals surface area contributed by atoms with Crippen LogP contribution in [0.4, 0.5) is 17.1 Å². The highest BCUT2D eigenvalue weighted by atomic mass is 127. The fourth-order valence-corrected chi connectivity index (χ4v) is 4.26. The second kappa shape index (κ2) is 9.41. The van der Waals surface area contributed by atoms with Gasteiger partial charge in [0.1, 0.15) is 0 Å². The van der Waals surface area contributed by atoms with Crippen molar-refractivity contribution in [1.82, 2.24) is 0 Å². The molecule has 0 aliphatic carbocycles. The average molecular weight is 523 g/mol. The van der Waals surface area contributed by atoms with E-state index in [1.54, 1.807) is 0 Å². The molecular weight excluding hydrogens is 501 g/mol. The third-order valence-corrected chi connectivity index (χ3v) is 6.27. The second-order valence-electron chi connectivity index (χ2n) is 7.64. The van der Waals surface area contributed by atoms with Crippen LogP contribution in [0.25, 0.3) is 22.3 Å². The highest BCUT2D eigenvalue weighted by Crippen LogP contribution is 2.36. The topological polar surface area (TPSA) is 3.24 Å². The molecule has 32 heavy (non-hydrogen) atoms. The molecule has 0 aromatic heterocycles. The molecule has 0 aliphatic rings. The first-order chi connectivity index (χ1) is 15.8. The van der Waals surface area contributed by atoms with E-state index >= 15 is 0 Å². The van der Waals surface area contributed by atoms with Gasteiger partial charge in [0.2, 0.25) is 0 Å². The van der Waals surface area contributed by atoms with Crippen molar-refractivity contribution in [1.29, 1.82) is 0 Å². The van der Waals surface area contributed by atoms with Crippen LogP contribution in [-0.2, 0) is 0 Å². The lowest BCUT2D eigenvalue weighted by molar-refractivity contribution is 1.28. The van der Waals surface area contributed by atoms with Gasteiger partial charge in [-0.2, -0.15) is 0 Å². The molecule has 0 atom stereocenters. The zero-order chi connectivity index (χ0) is 21.8. The normalized spacial score (nSPS) is 10.7. The first-order valence-corrected chi connectivity index (χ1v) is 11.7. The molecule has 154 valence electrons. The van der Waals surface area contributed by atoms with Crippen LogP contribution in [-0.4, -0.2) is 0 Å². The third-order valence-electron chi connectivity index (χ3n) is 5.55. The van der Waals surface area contributed by atoms with E-state index in [-0.39, 0.29) is 0 Å². The first kappa shape index (κ1) is 20.5. The van der Waals surface area contributed by atoms with Crippen LogP contribution in [0.15, 0.2) is 133 Å². The minimum absolute atomic E-state index is 1.14. The molecule has 0 radical (unpaired) electrons. The summed E-state index contributed by atoms with van der Waals surface area (Å²) in [7, 11) is 0. The summed E-state index contributed by atoms with van der Waals surface area (Å²) in [6, 6.07) is 47.3. The van der Waals surface area contributed by atoms with Crippen LogP contribution < -0.4 is 4.90 Å². The van der Waals surface area contributed by atoms with Crippen LogP contribution >= 0.6 is 22.6 Å². The van der Waals surface area contributed by atoms with Gasteiger partial charge in [-0.3, -0.25) is 0 Å². The van der Waals surface area contributed by atoms with E-state index in [9.17, 15) is 0 Å². The van der Waals surface area contributed by atoms with Crippen molar-refractivity contribution in [2.24, 2.45) is 0 Å². The highest BCUT2D eigenvalue weighted by molar-refractivity contribution is 14.1. The Balaban J connectivity index is 1.53. The molecule has 5 aromatic rings. The molecular formula is C30H22IN. The Morgan fingerprint density at radius 1 is 0.344 bits per heavy atom. The summed E-state index contributed by atoms with van der Waals surface area (Å²) in [5.41, 5.74) is 8.31. The molecule has 0 amide bonds. The first-order valence-electron chi connectivity index (χ1n) is 10.6. The maximum absolute atomic E-state index is 2.35. The fraction of sp³-hybridized carbons (Fsp3) is 0. The van der Waals surface area contributed by atoms with E-state index in [1.807, 2.05) is 0 Å². The van der Waals surface area contributed by atoms with E-state index in [1.165, 1.54) is 25.8 Å². The smallest absolute Gasteiger partial charge is 0.0462 e. The predicted octanol–water partition coefficient (Wildman–Crippen LogP) is 9.09. The molecule has 0 heterocycles. The number of rotatable bonds is 5. The Labute approximate surface area is 203 Å². The number of hydrogen-bond donors (Lipinski definition) is 0. The van der Waals surface area contributed by atoms with Crippen molar-refractivity contribution in [2.75, 3.05) is 4.90 Å². The Morgan fingerprint density at radius 3 is 1.03 bits per heavy atom. The van der Waals surface area contributed by atoms with Gasteiger partial charge in [0.05, 0.1) is 0 Å². The molecule has 5 rings (SSSR count).